The van der Waals surface area contributed by atoms with Gasteiger partial charge in [0.05, 0.1) is 30.2 Å². The molecule has 1 aromatic carbocycles. The maximum Gasteiger partial charge on any atom is 0.413 e. The molecule has 10 heteroatoms. The molecule has 1 fully saturated rings. The lowest BCUT2D eigenvalue weighted by Gasteiger charge is -2.49. The van der Waals surface area contributed by atoms with Gasteiger partial charge < -0.3 is 20.7 Å². The van der Waals surface area contributed by atoms with Gasteiger partial charge in [-0.15, -0.1) is 16.4 Å². The van der Waals surface area contributed by atoms with Gasteiger partial charge in [-0.25, -0.2) is 4.79 Å². The van der Waals surface area contributed by atoms with Crippen molar-refractivity contribution in [3.63, 3.8) is 0 Å². The molecule has 5 rings (SSSR count). The molecule has 2 amide bonds. The van der Waals surface area contributed by atoms with E-state index in [0.717, 1.165) is 16.6 Å². The number of aryl methyl sites for hydroxylation is 2. The highest BCUT2D eigenvalue weighted by Gasteiger charge is 2.50. The molecule has 4 aromatic rings. The Labute approximate surface area is 199 Å². The van der Waals surface area contributed by atoms with Crippen LogP contribution in [0.4, 0.5) is 10.5 Å². The number of hydrogen-bond donors (Lipinski definition) is 2. The fourth-order valence-electron chi connectivity index (χ4n) is 4.06. The molecule has 172 valence electrons. The maximum atomic E-state index is 13.4. The first kappa shape index (κ1) is 21.8. The number of fused-ring (bicyclic) bond motifs is 1. The first-order chi connectivity index (χ1) is 16.4. The zero-order valence-corrected chi connectivity index (χ0v) is 19.4. The molecular weight excluding hydrogens is 452 g/mol. The van der Waals surface area contributed by atoms with Crippen LogP contribution in [0.25, 0.3) is 10.2 Å². The van der Waals surface area contributed by atoms with Gasteiger partial charge in [0.15, 0.2) is 0 Å². The second-order valence-electron chi connectivity index (χ2n) is 8.22. The molecule has 3 aromatic heterocycles. The third-order valence-electron chi connectivity index (χ3n) is 5.99. The predicted molar refractivity (Wildman–Crippen MR) is 129 cm³/mol. The van der Waals surface area contributed by atoms with Crippen LogP contribution in [0.3, 0.4) is 0 Å². The number of rotatable bonds is 4. The van der Waals surface area contributed by atoms with Crippen LogP contribution in [0.5, 0.6) is 5.75 Å². The summed E-state index contributed by atoms with van der Waals surface area (Å²) in [6.45, 7) is 4.23. The number of anilines is 1. The minimum absolute atomic E-state index is 0.220. The summed E-state index contributed by atoms with van der Waals surface area (Å²) in [5.41, 5.74) is 8.23. The number of nitrogens with one attached hydrogen (secondary N) is 1. The highest BCUT2D eigenvalue weighted by molar-refractivity contribution is 7.21. The van der Waals surface area contributed by atoms with E-state index in [9.17, 15) is 9.59 Å². The summed E-state index contributed by atoms with van der Waals surface area (Å²) in [7, 11) is 0. The Morgan fingerprint density at radius 2 is 1.82 bits per heavy atom. The lowest BCUT2D eigenvalue weighted by Crippen LogP contribution is -2.69. The van der Waals surface area contributed by atoms with Crippen molar-refractivity contribution in [2.24, 2.45) is 0 Å². The standard InChI is InChI=1S/C24H22N6O3S/c1-14-15(2)28-29-21-18(14)19(25)20(34-21)22(31)30-12-24(13-30,17-10-6-7-11-26-17)27-23(32)33-16-8-4-3-5-9-16/h3-11H,12-13,25H2,1-2H3,(H,27,32). The van der Waals surface area contributed by atoms with Crippen molar-refractivity contribution >= 4 is 39.2 Å². The van der Waals surface area contributed by atoms with E-state index in [1.54, 1.807) is 41.4 Å². The molecule has 3 N–H and O–H groups in total. The normalized spacial score (nSPS) is 14.5. The second-order valence-corrected chi connectivity index (χ2v) is 9.22. The van der Waals surface area contributed by atoms with Crippen LogP contribution in [0.15, 0.2) is 54.7 Å². The van der Waals surface area contributed by atoms with Gasteiger partial charge in [-0.3, -0.25) is 9.78 Å². The van der Waals surface area contributed by atoms with Gasteiger partial charge in [0, 0.05) is 11.6 Å². The van der Waals surface area contributed by atoms with Crippen molar-refractivity contribution in [2.45, 2.75) is 19.4 Å². The summed E-state index contributed by atoms with van der Waals surface area (Å²) in [5.74, 6) is 0.204. The third-order valence-corrected chi connectivity index (χ3v) is 7.07. The van der Waals surface area contributed by atoms with E-state index in [-0.39, 0.29) is 19.0 Å². The van der Waals surface area contributed by atoms with E-state index in [0.29, 0.717) is 26.8 Å². The molecule has 1 aliphatic rings. The Morgan fingerprint density at radius 1 is 1.09 bits per heavy atom. The van der Waals surface area contributed by atoms with E-state index in [2.05, 4.69) is 20.5 Å². The Hall–Kier alpha value is -4.05. The van der Waals surface area contributed by atoms with Crippen molar-refractivity contribution in [1.82, 2.24) is 25.4 Å². The van der Waals surface area contributed by atoms with Crippen LogP contribution in [-0.2, 0) is 5.54 Å². The SMILES string of the molecule is Cc1nnc2sc(C(=O)N3CC(NC(=O)Oc4ccccc4)(c4ccccn4)C3)c(N)c2c1C. The summed E-state index contributed by atoms with van der Waals surface area (Å²) >= 11 is 1.23. The zero-order valence-electron chi connectivity index (χ0n) is 18.6. The van der Waals surface area contributed by atoms with Crippen LogP contribution in [0.1, 0.15) is 26.6 Å². The molecule has 0 radical (unpaired) electrons. The fraction of sp³-hybridized carbons (Fsp3) is 0.208. The van der Waals surface area contributed by atoms with Crippen molar-refractivity contribution < 1.29 is 14.3 Å². The van der Waals surface area contributed by atoms with E-state index in [1.807, 2.05) is 32.0 Å². The quantitative estimate of drug-likeness (QED) is 0.464. The van der Waals surface area contributed by atoms with Gasteiger partial charge >= 0.3 is 6.09 Å². The summed E-state index contributed by atoms with van der Waals surface area (Å²) < 4.78 is 5.42. The monoisotopic (exact) mass is 474 g/mol. The first-order valence-corrected chi connectivity index (χ1v) is 11.5. The lowest BCUT2D eigenvalue weighted by atomic mass is 9.85. The minimum Gasteiger partial charge on any atom is -0.410 e. The first-order valence-electron chi connectivity index (χ1n) is 10.7. The van der Waals surface area contributed by atoms with Crippen molar-refractivity contribution in [2.75, 3.05) is 18.8 Å². The van der Waals surface area contributed by atoms with Gasteiger partial charge in [-0.1, -0.05) is 24.3 Å². The predicted octanol–water partition coefficient (Wildman–Crippen LogP) is 3.43. The number of pyridine rings is 1. The Morgan fingerprint density at radius 3 is 2.53 bits per heavy atom. The van der Waals surface area contributed by atoms with E-state index in [1.165, 1.54) is 11.3 Å². The number of nitrogen functional groups attached to an aromatic ring is 1. The smallest absolute Gasteiger partial charge is 0.410 e. The highest BCUT2D eigenvalue weighted by Crippen LogP contribution is 2.38. The number of likely N-dealkylation sites (tertiary alicyclic amines) is 1. The number of para-hydroxylation sites is 1. The number of benzene rings is 1. The third kappa shape index (κ3) is 3.71. The molecule has 4 heterocycles. The Bertz CT molecular complexity index is 1380. The number of nitrogens with two attached hydrogens (primary N) is 1. The van der Waals surface area contributed by atoms with Gasteiger partial charge in [0.2, 0.25) is 0 Å². The number of hydrogen-bond acceptors (Lipinski definition) is 8. The summed E-state index contributed by atoms with van der Waals surface area (Å²) in [6.07, 6.45) is 1.03. The number of amides is 2. The molecule has 0 unspecified atom stereocenters. The highest BCUT2D eigenvalue weighted by atomic mass is 32.1. The number of ether oxygens (including phenoxy) is 1. The van der Waals surface area contributed by atoms with Crippen LogP contribution in [0, 0.1) is 13.8 Å². The van der Waals surface area contributed by atoms with Crippen molar-refractivity contribution in [3.8, 4) is 5.75 Å². The molecule has 0 saturated carbocycles. The molecular formula is C24H22N6O3S. The molecule has 0 bridgehead atoms. The maximum absolute atomic E-state index is 13.4. The average Bonchev–Trinajstić information content (AvgIpc) is 3.16. The largest absolute Gasteiger partial charge is 0.413 e. The molecule has 0 aliphatic carbocycles. The van der Waals surface area contributed by atoms with Gasteiger partial charge in [-0.2, -0.15) is 5.10 Å². The molecule has 1 saturated heterocycles. The number of carbonyl (C=O) groups is 2. The van der Waals surface area contributed by atoms with Crippen LogP contribution in [0.2, 0.25) is 0 Å². The fourth-order valence-corrected chi connectivity index (χ4v) is 5.13. The molecule has 9 nitrogen and oxygen atoms in total. The number of aromatic nitrogens is 3. The second kappa shape index (κ2) is 8.38. The van der Waals surface area contributed by atoms with Gasteiger partial charge in [-0.05, 0) is 43.7 Å². The number of thiophene rings is 1. The Kier molecular flexibility index (Phi) is 5.37. The van der Waals surface area contributed by atoms with Gasteiger partial charge in [0.25, 0.3) is 5.91 Å². The van der Waals surface area contributed by atoms with E-state index < -0.39 is 11.6 Å². The Balaban J connectivity index is 1.39. The van der Waals surface area contributed by atoms with Crippen LogP contribution < -0.4 is 15.8 Å². The van der Waals surface area contributed by atoms with Crippen molar-refractivity contribution in [1.29, 1.82) is 0 Å². The van der Waals surface area contributed by atoms with Crippen molar-refractivity contribution in [3.05, 3.63) is 76.6 Å². The number of carbonyl (C=O) groups excluding carboxylic acids is 2. The van der Waals surface area contributed by atoms with E-state index in [4.69, 9.17) is 10.5 Å². The molecule has 0 spiro atoms. The summed E-state index contributed by atoms with van der Waals surface area (Å²) in [6, 6.07) is 14.2. The molecule has 34 heavy (non-hydrogen) atoms. The molecule has 1 aliphatic heterocycles. The number of nitrogens with zero attached hydrogens (tertiary/aromatic N) is 4. The minimum atomic E-state index is -0.874. The topological polar surface area (TPSA) is 123 Å². The van der Waals surface area contributed by atoms with Crippen LogP contribution >= 0.6 is 11.3 Å². The molecule has 0 atom stereocenters. The lowest BCUT2D eigenvalue weighted by molar-refractivity contribution is 0.0278. The van der Waals surface area contributed by atoms with Gasteiger partial charge in [0.1, 0.15) is 21.0 Å². The van der Waals surface area contributed by atoms with E-state index >= 15 is 0 Å². The van der Waals surface area contributed by atoms with Crippen LogP contribution in [-0.4, -0.2) is 45.2 Å². The average molecular weight is 475 g/mol. The summed E-state index contributed by atoms with van der Waals surface area (Å²) in [4.78, 5) is 33.1. The summed E-state index contributed by atoms with van der Waals surface area (Å²) in [5, 5.41) is 12.0. The zero-order chi connectivity index (χ0) is 23.9.